The van der Waals surface area contributed by atoms with Gasteiger partial charge in [-0.1, -0.05) is 12.1 Å². The molecule has 1 heterocycles. The van der Waals surface area contributed by atoms with Crippen LogP contribution in [0.1, 0.15) is 40.3 Å². The topological polar surface area (TPSA) is 42.2 Å². The van der Waals surface area contributed by atoms with Crippen LogP contribution in [0.3, 0.4) is 0 Å². The minimum absolute atomic E-state index is 0.108. The second-order valence-corrected chi connectivity index (χ2v) is 4.69. The number of carboxylic acid groups (broad SMARTS) is 1. The molecule has 1 unspecified atom stereocenters. The molecular formula is C15H16FNO2. The summed E-state index contributed by atoms with van der Waals surface area (Å²) in [7, 11) is 0. The Morgan fingerprint density at radius 3 is 2.53 bits per heavy atom. The first-order valence-corrected chi connectivity index (χ1v) is 6.09. The summed E-state index contributed by atoms with van der Waals surface area (Å²) in [6.45, 7) is 5.56. The molecule has 2 aromatic rings. The van der Waals surface area contributed by atoms with E-state index < -0.39 is 5.97 Å². The smallest absolute Gasteiger partial charge is 0.337 e. The first-order chi connectivity index (χ1) is 8.91. The van der Waals surface area contributed by atoms with Gasteiger partial charge in [0.15, 0.2) is 0 Å². The number of carbonyl (C=O) groups is 1. The first-order valence-electron chi connectivity index (χ1n) is 6.09. The van der Waals surface area contributed by atoms with E-state index in [1.54, 1.807) is 19.1 Å². The van der Waals surface area contributed by atoms with E-state index in [9.17, 15) is 9.18 Å². The predicted octanol–water partition coefficient (Wildman–Crippen LogP) is 3.55. The zero-order chi connectivity index (χ0) is 14.2. The molecule has 0 saturated heterocycles. The second kappa shape index (κ2) is 4.88. The minimum atomic E-state index is -0.939. The van der Waals surface area contributed by atoms with Crippen molar-refractivity contribution >= 4 is 5.97 Å². The largest absolute Gasteiger partial charge is 0.478 e. The number of rotatable bonds is 3. The molecule has 1 aromatic carbocycles. The quantitative estimate of drug-likeness (QED) is 0.918. The van der Waals surface area contributed by atoms with E-state index in [0.717, 1.165) is 11.3 Å². The molecule has 0 aliphatic carbocycles. The van der Waals surface area contributed by atoms with Crippen LogP contribution in [0.15, 0.2) is 30.3 Å². The Balaban J connectivity index is 2.50. The number of aromatic nitrogens is 1. The van der Waals surface area contributed by atoms with Gasteiger partial charge in [0.1, 0.15) is 5.82 Å². The van der Waals surface area contributed by atoms with Crippen LogP contribution in [-0.2, 0) is 0 Å². The maximum atomic E-state index is 13.3. The zero-order valence-electron chi connectivity index (χ0n) is 11.1. The van der Waals surface area contributed by atoms with Gasteiger partial charge in [0.2, 0.25) is 0 Å². The number of halogens is 1. The molecule has 1 N–H and O–H groups in total. The second-order valence-electron chi connectivity index (χ2n) is 4.69. The molecule has 0 aliphatic rings. The minimum Gasteiger partial charge on any atom is -0.478 e. The van der Waals surface area contributed by atoms with Gasteiger partial charge in [-0.3, -0.25) is 0 Å². The number of aromatic carboxylic acids is 1. The van der Waals surface area contributed by atoms with Crippen LogP contribution >= 0.6 is 0 Å². The van der Waals surface area contributed by atoms with Gasteiger partial charge < -0.3 is 9.67 Å². The van der Waals surface area contributed by atoms with Crippen LogP contribution in [0, 0.1) is 19.7 Å². The summed E-state index contributed by atoms with van der Waals surface area (Å²) in [6, 6.07) is 7.91. The molecule has 19 heavy (non-hydrogen) atoms. The van der Waals surface area contributed by atoms with Crippen molar-refractivity contribution in [3.8, 4) is 0 Å². The summed E-state index contributed by atoms with van der Waals surface area (Å²) >= 11 is 0. The SMILES string of the molecule is Cc1cc(C(=O)O)c(C)n1C(C)c1cccc(F)c1. The molecule has 0 bridgehead atoms. The van der Waals surface area contributed by atoms with Gasteiger partial charge in [0, 0.05) is 11.4 Å². The molecule has 0 saturated carbocycles. The van der Waals surface area contributed by atoms with E-state index in [-0.39, 0.29) is 11.9 Å². The number of carboxylic acids is 1. The third kappa shape index (κ3) is 2.38. The lowest BCUT2D eigenvalue weighted by Gasteiger charge is -2.19. The molecule has 100 valence electrons. The van der Waals surface area contributed by atoms with Gasteiger partial charge in [-0.2, -0.15) is 0 Å². The van der Waals surface area contributed by atoms with Gasteiger partial charge in [-0.05, 0) is 44.5 Å². The Labute approximate surface area is 111 Å². The molecule has 0 radical (unpaired) electrons. The third-order valence-electron chi connectivity index (χ3n) is 3.43. The fourth-order valence-corrected chi connectivity index (χ4v) is 2.51. The molecule has 1 aromatic heterocycles. The summed E-state index contributed by atoms with van der Waals surface area (Å²) < 4.78 is 15.2. The van der Waals surface area contributed by atoms with Crippen molar-refractivity contribution in [2.75, 3.05) is 0 Å². The first kappa shape index (κ1) is 13.3. The number of hydrogen-bond acceptors (Lipinski definition) is 1. The zero-order valence-corrected chi connectivity index (χ0v) is 11.1. The van der Waals surface area contributed by atoms with Crippen LogP contribution in [0.5, 0.6) is 0 Å². The molecule has 2 rings (SSSR count). The highest BCUT2D eigenvalue weighted by Crippen LogP contribution is 2.25. The highest BCUT2D eigenvalue weighted by Gasteiger charge is 2.19. The Hall–Kier alpha value is -2.10. The molecule has 0 spiro atoms. The monoisotopic (exact) mass is 261 g/mol. The lowest BCUT2D eigenvalue weighted by atomic mass is 10.1. The normalized spacial score (nSPS) is 12.4. The van der Waals surface area contributed by atoms with E-state index in [2.05, 4.69) is 0 Å². The Morgan fingerprint density at radius 2 is 2.00 bits per heavy atom. The molecule has 4 heteroatoms. The van der Waals surface area contributed by atoms with Crippen LogP contribution in [-0.4, -0.2) is 15.6 Å². The Kier molecular flexibility index (Phi) is 3.42. The molecular weight excluding hydrogens is 245 g/mol. The third-order valence-corrected chi connectivity index (χ3v) is 3.43. The van der Waals surface area contributed by atoms with Crippen molar-refractivity contribution in [3.05, 3.63) is 58.7 Å². The molecule has 0 fully saturated rings. The highest BCUT2D eigenvalue weighted by molar-refractivity contribution is 5.89. The van der Waals surface area contributed by atoms with Crippen molar-refractivity contribution in [1.82, 2.24) is 4.57 Å². The average Bonchev–Trinajstić information content (AvgIpc) is 2.64. The Bertz CT molecular complexity index is 631. The molecule has 1 atom stereocenters. The summed E-state index contributed by atoms with van der Waals surface area (Å²) in [5.74, 6) is -1.23. The molecule has 0 amide bonds. The predicted molar refractivity (Wildman–Crippen MR) is 71.1 cm³/mol. The van der Waals surface area contributed by atoms with Crippen molar-refractivity contribution in [1.29, 1.82) is 0 Å². The van der Waals surface area contributed by atoms with Gasteiger partial charge in [-0.25, -0.2) is 9.18 Å². The summed E-state index contributed by atoms with van der Waals surface area (Å²) in [6.07, 6.45) is 0. The van der Waals surface area contributed by atoms with E-state index in [1.807, 2.05) is 24.5 Å². The maximum absolute atomic E-state index is 13.3. The van der Waals surface area contributed by atoms with E-state index in [1.165, 1.54) is 12.1 Å². The van der Waals surface area contributed by atoms with Gasteiger partial charge in [0.25, 0.3) is 0 Å². The van der Waals surface area contributed by atoms with E-state index >= 15 is 0 Å². The van der Waals surface area contributed by atoms with Gasteiger partial charge in [-0.15, -0.1) is 0 Å². The number of hydrogen-bond donors (Lipinski definition) is 1. The summed E-state index contributed by atoms with van der Waals surface area (Å²) in [5.41, 5.74) is 2.65. The van der Waals surface area contributed by atoms with Gasteiger partial charge in [0.05, 0.1) is 11.6 Å². The average molecular weight is 261 g/mol. The van der Waals surface area contributed by atoms with E-state index in [4.69, 9.17) is 5.11 Å². The van der Waals surface area contributed by atoms with Crippen molar-refractivity contribution < 1.29 is 14.3 Å². The molecule has 3 nitrogen and oxygen atoms in total. The lowest BCUT2D eigenvalue weighted by Crippen LogP contribution is -2.11. The number of aryl methyl sites for hydroxylation is 1. The van der Waals surface area contributed by atoms with Crippen molar-refractivity contribution in [2.24, 2.45) is 0 Å². The summed E-state index contributed by atoms with van der Waals surface area (Å²) in [4.78, 5) is 11.1. The lowest BCUT2D eigenvalue weighted by molar-refractivity contribution is 0.0696. The fourth-order valence-electron chi connectivity index (χ4n) is 2.51. The fraction of sp³-hybridized carbons (Fsp3) is 0.267. The maximum Gasteiger partial charge on any atom is 0.337 e. The van der Waals surface area contributed by atoms with Crippen molar-refractivity contribution in [3.63, 3.8) is 0 Å². The van der Waals surface area contributed by atoms with Gasteiger partial charge >= 0.3 is 5.97 Å². The van der Waals surface area contributed by atoms with E-state index in [0.29, 0.717) is 11.3 Å². The Morgan fingerprint density at radius 1 is 1.32 bits per heavy atom. The standard InChI is InChI=1S/C15H16FNO2/c1-9-7-14(15(18)19)11(3)17(9)10(2)12-5-4-6-13(16)8-12/h4-8,10H,1-3H3,(H,18,19). The van der Waals surface area contributed by atoms with Crippen LogP contribution in [0.25, 0.3) is 0 Å². The van der Waals surface area contributed by atoms with Crippen LogP contribution < -0.4 is 0 Å². The van der Waals surface area contributed by atoms with Crippen LogP contribution in [0.2, 0.25) is 0 Å². The molecule has 0 aliphatic heterocycles. The van der Waals surface area contributed by atoms with Crippen molar-refractivity contribution in [2.45, 2.75) is 26.8 Å². The van der Waals surface area contributed by atoms with Crippen LogP contribution in [0.4, 0.5) is 4.39 Å². The number of nitrogens with zero attached hydrogens (tertiary/aromatic N) is 1. The number of benzene rings is 1. The highest BCUT2D eigenvalue weighted by atomic mass is 19.1. The summed E-state index contributed by atoms with van der Waals surface area (Å²) in [5, 5.41) is 9.13.